The molecule has 0 bridgehead atoms. The lowest BCUT2D eigenvalue weighted by molar-refractivity contribution is -0.157. The number of esters is 1. The molecule has 4 unspecified atom stereocenters. The van der Waals surface area contributed by atoms with E-state index in [9.17, 15) is 19.5 Å². The van der Waals surface area contributed by atoms with Crippen molar-refractivity contribution in [3.63, 3.8) is 0 Å². The van der Waals surface area contributed by atoms with Gasteiger partial charge in [-0.1, -0.05) is 13.5 Å². The monoisotopic (exact) mass is 298 g/mol. The smallest absolute Gasteiger partial charge is 0.333 e. The summed E-state index contributed by atoms with van der Waals surface area (Å²) in [6, 6.07) is 0. The average molecular weight is 298 g/mol. The van der Waals surface area contributed by atoms with Crippen LogP contribution >= 0.6 is 0 Å². The molecular weight excluding hydrogens is 276 g/mol. The van der Waals surface area contributed by atoms with Crippen molar-refractivity contribution >= 4 is 17.9 Å². The van der Waals surface area contributed by atoms with Gasteiger partial charge in [0.05, 0.1) is 18.4 Å². The average Bonchev–Trinajstić information content (AvgIpc) is 2.43. The number of carbonyl (C=O) groups is 3. The Bertz CT molecular complexity index is 441. The van der Waals surface area contributed by atoms with Gasteiger partial charge >= 0.3 is 17.9 Å². The van der Waals surface area contributed by atoms with E-state index in [1.165, 1.54) is 0 Å². The van der Waals surface area contributed by atoms with Gasteiger partial charge in [0.1, 0.15) is 0 Å². The molecule has 0 radical (unpaired) electrons. The first-order valence-electron chi connectivity index (χ1n) is 7.02. The fourth-order valence-electron chi connectivity index (χ4n) is 2.75. The van der Waals surface area contributed by atoms with Crippen molar-refractivity contribution in [2.75, 3.05) is 6.61 Å². The van der Waals surface area contributed by atoms with Gasteiger partial charge in [-0.3, -0.25) is 9.59 Å². The van der Waals surface area contributed by atoms with Gasteiger partial charge in [0.2, 0.25) is 0 Å². The third-order valence-corrected chi connectivity index (χ3v) is 4.16. The largest absolute Gasteiger partial charge is 0.481 e. The molecule has 1 aliphatic carbocycles. The Balaban J connectivity index is 2.61. The molecule has 6 nitrogen and oxygen atoms in total. The molecule has 0 aromatic carbocycles. The lowest BCUT2D eigenvalue weighted by Crippen LogP contribution is -2.38. The number of ether oxygens (including phenoxy) is 1. The molecule has 0 aromatic rings. The lowest BCUT2D eigenvalue weighted by atomic mass is 9.70. The number of rotatable bonds is 6. The molecule has 0 heterocycles. The molecular formula is C15H22O6. The fourth-order valence-corrected chi connectivity index (χ4v) is 2.75. The molecule has 1 fully saturated rings. The molecule has 4 atom stereocenters. The molecule has 0 aromatic heterocycles. The van der Waals surface area contributed by atoms with Crippen molar-refractivity contribution in [2.45, 2.75) is 33.1 Å². The third-order valence-electron chi connectivity index (χ3n) is 4.16. The van der Waals surface area contributed by atoms with Crippen LogP contribution in [0, 0.1) is 23.7 Å². The summed E-state index contributed by atoms with van der Waals surface area (Å²) in [5.41, 5.74) is 0.320. The van der Waals surface area contributed by atoms with E-state index in [2.05, 4.69) is 6.58 Å². The topological polar surface area (TPSA) is 101 Å². The van der Waals surface area contributed by atoms with E-state index in [1.54, 1.807) is 6.92 Å². The van der Waals surface area contributed by atoms with Crippen LogP contribution in [0.1, 0.15) is 33.1 Å². The predicted molar refractivity (Wildman–Crippen MR) is 74.5 cm³/mol. The van der Waals surface area contributed by atoms with E-state index in [1.807, 2.05) is 6.92 Å². The second-order valence-electron chi connectivity index (χ2n) is 5.82. The maximum Gasteiger partial charge on any atom is 0.333 e. The van der Waals surface area contributed by atoms with Crippen molar-refractivity contribution in [2.24, 2.45) is 23.7 Å². The molecule has 21 heavy (non-hydrogen) atoms. The van der Waals surface area contributed by atoms with Gasteiger partial charge in [-0.05, 0) is 38.0 Å². The number of carbonyl (C=O) groups excluding carboxylic acids is 1. The molecule has 0 aliphatic heterocycles. The predicted octanol–water partition coefficient (Wildman–Crippen LogP) is 1.94. The van der Waals surface area contributed by atoms with Gasteiger partial charge in [0.25, 0.3) is 0 Å². The Labute approximate surface area is 123 Å². The van der Waals surface area contributed by atoms with Crippen molar-refractivity contribution in [1.82, 2.24) is 0 Å². The van der Waals surface area contributed by atoms with Crippen LogP contribution in [0.2, 0.25) is 0 Å². The van der Waals surface area contributed by atoms with Crippen molar-refractivity contribution in [1.29, 1.82) is 0 Å². The highest BCUT2D eigenvalue weighted by Crippen LogP contribution is 2.38. The maximum absolute atomic E-state index is 11.4. The van der Waals surface area contributed by atoms with Gasteiger partial charge in [-0.25, -0.2) is 4.79 Å². The Kier molecular flexibility index (Phi) is 5.93. The molecule has 118 valence electrons. The summed E-state index contributed by atoms with van der Waals surface area (Å²) in [6.07, 6.45) is 1.28. The van der Waals surface area contributed by atoms with Crippen LogP contribution < -0.4 is 0 Å². The van der Waals surface area contributed by atoms with E-state index in [4.69, 9.17) is 9.84 Å². The molecule has 1 rings (SSSR count). The minimum Gasteiger partial charge on any atom is -0.481 e. The minimum absolute atomic E-state index is 0.00936. The summed E-state index contributed by atoms with van der Waals surface area (Å²) >= 11 is 0. The number of carboxylic acid groups (broad SMARTS) is 2. The zero-order valence-electron chi connectivity index (χ0n) is 12.4. The Morgan fingerprint density at radius 2 is 1.76 bits per heavy atom. The number of hydrogen-bond acceptors (Lipinski definition) is 4. The van der Waals surface area contributed by atoms with Gasteiger partial charge in [-0.15, -0.1) is 0 Å². The van der Waals surface area contributed by atoms with Gasteiger partial charge < -0.3 is 14.9 Å². The first kappa shape index (κ1) is 17.2. The summed E-state index contributed by atoms with van der Waals surface area (Å²) in [5.74, 6) is -4.26. The van der Waals surface area contributed by atoms with Crippen LogP contribution in [0.5, 0.6) is 0 Å². The maximum atomic E-state index is 11.4. The van der Waals surface area contributed by atoms with E-state index in [0.29, 0.717) is 24.8 Å². The van der Waals surface area contributed by atoms with Gasteiger partial charge in [0.15, 0.2) is 0 Å². The Hall–Kier alpha value is -1.85. The SMILES string of the molecule is C=C(C)C(=O)OCC(C)C1CCC(C(=O)O)C(C(=O)O)C1. The summed E-state index contributed by atoms with van der Waals surface area (Å²) in [4.78, 5) is 33.7. The van der Waals surface area contributed by atoms with Crippen molar-refractivity contribution in [3.05, 3.63) is 12.2 Å². The number of carboxylic acids is 2. The zero-order chi connectivity index (χ0) is 16.2. The molecule has 1 aliphatic rings. The summed E-state index contributed by atoms with van der Waals surface area (Å²) in [5, 5.41) is 18.3. The molecule has 0 saturated heterocycles. The van der Waals surface area contributed by atoms with E-state index < -0.39 is 29.7 Å². The summed E-state index contributed by atoms with van der Waals surface area (Å²) < 4.78 is 5.09. The first-order valence-corrected chi connectivity index (χ1v) is 7.02. The van der Waals surface area contributed by atoms with Crippen LogP contribution in [0.4, 0.5) is 0 Å². The minimum atomic E-state index is -1.07. The highest BCUT2D eigenvalue weighted by molar-refractivity contribution is 5.86. The Morgan fingerprint density at radius 1 is 1.19 bits per heavy atom. The van der Waals surface area contributed by atoms with E-state index in [0.717, 1.165) is 0 Å². The van der Waals surface area contributed by atoms with Crippen LogP contribution in [-0.4, -0.2) is 34.7 Å². The zero-order valence-corrected chi connectivity index (χ0v) is 12.4. The van der Waals surface area contributed by atoms with Crippen LogP contribution in [-0.2, 0) is 19.1 Å². The summed E-state index contributed by atoms with van der Waals surface area (Å²) in [7, 11) is 0. The van der Waals surface area contributed by atoms with Gasteiger partial charge in [-0.2, -0.15) is 0 Å². The molecule has 0 amide bonds. The quantitative estimate of drug-likeness (QED) is 0.574. The highest BCUT2D eigenvalue weighted by atomic mass is 16.5. The Morgan fingerprint density at radius 3 is 2.24 bits per heavy atom. The number of aliphatic carboxylic acids is 2. The fraction of sp³-hybridized carbons (Fsp3) is 0.667. The molecule has 0 spiro atoms. The molecule has 1 saturated carbocycles. The van der Waals surface area contributed by atoms with E-state index in [-0.39, 0.29) is 18.4 Å². The lowest BCUT2D eigenvalue weighted by Gasteiger charge is -2.34. The first-order chi connectivity index (χ1) is 9.73. The van der Waals surface area contributed by atoms with Crippen LogP contribution in [0.3, 0.4) is 0 Å². The summed E-state index contributed by atoms with van der Waals surface area (Å²) in [6.45, 7) is 7.13. The van der Waals surface area contributed by atoms with Crippen molar-refractivity contribution in [3.8, 4) is 0 Å². The van der Waals surface area contributed by atoms with Gasteiger partial charge in [0, 0.05) is 5.57 Å². The normalized spacial score (nSPS) is 26.7. The standard InChI is InChI=1S/C15H22O6/c1-8(2)15(20)21-7-9(3)10-4-5-11(13(16)17)12(6-10)14(18)19/h9-12H,1,4-7H2,2-3H3,(H,16,17)(H,18,19). The van der Waals surface area contributed by atoms with E-state index >= 15 is 0 Å². The number of hydrogen-bond donors (Lipinski definition) is 2. The second kappa shape index (κ2) is 7.24. The molecule has 6 heteroatoms. The van der Waals surface area contributed by atoms with Crippen LogP contribution in [0.15, 0.2) is 12.2 Å². The van der Waals surface area contributed by atoms with Crippen LogP contribution in [0.25, 0.3) is 0 Å². The second-order valence-corrected chi connectivity index (χ2v) is 5.82. The molecule has 2 N–H and O–H groups in total. The van der Waals surface area contributed by atoms with Crippen molar-refractivity contribution < 1.29 is 29.3 Å². The third kappa shape index (κ3) is 4.58. The highest BCUT2D eigenvalue weighted by Gasteiger charge is 2.40.